The summed E-state index contributed by atoms with van der Waals surface area (Å²) in [7, 11) is 0. The minimum absolute atomic E-state index is 0.182. The summed E-state index contributed by atoms with van der Waals surface area (Å²) in [4.78, 5) is 14.5. The number of nitrogens with zero attached hydrogens (tertiary/aromatic N) is 1. The standard InChI is InChI=1S/C19H19F3N2O/c20-19(21,22)16-7-4-8-17(11-16)23-18(25)15-9-10-24(13-15)12-14-5-2-1-3-6-14/h1-8,11,15H,9-10,12-13H2,(H,23,25). The molecule has 1 aliphatic heterocycles. The zero-order chi connectivity index (χ0) is 17.9. The predicted molar refractivity (Wildman–Crippen MR) is 89.9 cm³/mol. The van der Waals surface area contributed by atoms with Gasteiger partial charge in [0.25, 0.3) is 0 Å². The third kappa shape index (κ3) is 4.60. The Morgan fingerprint density at radius 3 is 2.60 bits per heavy atom. The molecule has 1 atom stereocenters. The highest BCUT2D eigenvalue weighted by atomic mass is 19.4. The molecule has 1 fully saturated rings. The number of carbonyl (C=O) groups is 1. The van der Waals surface area contributed by atoms with Crippen LogP contribution in [0.1, 0.15) is 17.5 Å². The van der Waals surface area contributed by atoms with Crippen molar-refractivity contribution in [1.82, 2.24) is 4.90 Å². The first kappa shape index (κ1) is 17.5. The lowest BCUT2D eigenvalue weighted by Gasteiger charge is -2.16. The van der Waals surface area contributed by atoms with Gasteiger partial charge in [-0.15, -0.1) is 0 Å². The van der Waals surface area contributed by atoms with Gasteiger partial charge in [0.2, 0.25) is 5.91 Å². The Kier molecular flexibility index (Phi) is 5.08. The van der Waals surface area contributed by atoms with E-state index in [1.165, 1.54) is 17.7 Å². The van der Waals surface area contributed by atoms with Crippen LogP contribution in [0, 0.1) is 5.92 Å². The van der Waals surface area contributed by atoms with E-state index in [2.05, 4.69) is 10.2 Å². The van der Waals surface area contributed by atoms with Crippen molar-refractivity contribution in [3.8, 4) is 0 Å². The molecule has 0 aliphatic carbocycles. The van der Waals surface area contributed by atoms with Gasteiger partial charge in [-0.1, -0.05) is 36.4 Å². The quantitative estimate of drug-likeness (QED) is 0.900. The number of likely N-dealkylation sites (tertiary alicyclic amines) is 1. The van der Waals surface area contributed by atoms with Crippen LogP contribution < -0.4 is 5.32 Å². The van der Waals surface area contributed by atoms with Crippen LogP contribution in [0.5, 0.6) is 0 Å². The Morgan fingerprint density at radius 1 is 1.12 bits per heavy atom. The van der Waals surface area contributed by atoms with E-state index < -0.39 is 11.7 Å². The van der Waals surface area contributed by atoms with Crippen molar-refractivity contribution >= 4 is 11.6 Å². The van der Waals surface area contributed by atoms with Gasteiger partial charge in [0.1, 0.15) is 0 Å². The molecule has 6 heteroatoms. The molecule has 2 aromatic rings. The lowest BCUT2D eigenvalue weighted by atomic mass is 10.1. The first-order chi connectivity index (χ1) is 11.9. The lowest BCUT2D eigenvalue weighted by Crippen LogP contribution is -2.27. The number of alkyl halides is 3. The molecule has 25 heavy (non-hydrogen) atoms. The second-order valence-corrected chi connectivity index (χ2v) is 6.27. The van der Waals surface area contributed by atoms with E-state index in [0.717, 1.165) is 25.2 Å². The van der Waals surface area contributed by atoms with Gasteiger partial charge in [0.05, 0.1) is 11.5 Å². The van der Waals surface area contributed by atoms with Crippen LogP contribution >= 0.6 is 0 Å². The van der Waals surface area contributed by atoms with Gasteiger partial charge in [0.15, 0.2) is 0 Å². The summed E-state index contributed by atoms with van der Waals surface area (Å²) in [5, 5.41) is 2.62. The summed E-state index contributed by atoms with van der Waals surface area (Å²) in [5.74, 6) is -0.437. The highest BCUT2D eigenvalue weighted by Crippen LogP contribution is 2.31. The molecule has 3 nitrogen and oxygen atoms in total. The maximum atomic E-state index is 12.7. The summed E-state index contributed by atoms with van der Waals surface area (Å²) in [5.41, 5.74) is 0.602. The van der Waals surface area contributed by atoms with Gasteiger partial charge in [-0.2, -0.15) is 13.2 Å². The molecule has 0 bridgehead atoms. The van der Waals surface area contributed by atoms with Crippen molar-refractivity contribution in [2.24, 2.45) is 5.92 Å². The fourth-order valence-electron chi connectivity index (χ4n) is 3.05. The molecule has 0 spiro atoms. The van der Waals surface area contributed by atoms with Crippen molar-refractivity contribution in [3.63, 3.8) is 0 Å². The second kappa shape index (κ2) is 7.27. The predicted octanol–water partition coefficient (Wildman–Crippen LogP) is 4.17. The second-order valence-electron chi connectivity index (χ2n) is 6.27. The van der Waals surface area contributed by atoms with E-state index in [4.69, 9.17) is 0 Å². The molecule has 1 aliphatic rings. The van der Waals surface area contributed by atoms with Crippen LogP contribution in [0.15, 0.2) is 54.6 Å². The molecule has 1 N–H and O–H groups in total. The number of carbonyl (C=O) groups excluding carboxylic acids is 1. The summed E-state index contributed by atoms with van der Waals surface area (Å²) in [6.07, 6.45) is -3.71. The van der Waals surface area contributed by atoms with Crippen LogP contribution in [-0.4, -0.2) is 23.9 Å². The molecule has 0 aromatic heterocycles. The maximum absolute atomic E-state index is 12.7. The Labute approximate surface area is 144 Å². The number of hydrogen-bond acceptors (Lipinski definition) is 2. The summed E-state index contributed by atoms with van der Waals surface area (Å²) in [6.45, 7) is 2.18. The van der Waals surface area contributed by atoms with Gasteiger partial charge in [-0.05, 0) is 36.7 Å². The first-order valence-electron chi connectivity index (χ1n) is 8.16. The highest BCUT2D eigenvalue weighted by Gasteiger charge is 2.31. The van der Waals surface area contributed by atoms with E-state index in [1.807, 2.05) is 30.3 Å². The first-order valence-corrected chi connectivity index (χ1v) is 8.16. The lowest BCUT2D eigenvalue weighted by molar-refractivity contribution is -0.137. The van der Waals surface area contributed by atoms with Crippen LogP contribution in [0.3, 0.4) is 0 Å². The number of halogens is 3. The van der Waals surface area contributed by atoms with E-state index in [9.17, 15) is 18.0 Å². The van der Waals surface area contributed by atoms with E-state index in [0.29, 0.717) is 13.0 Å². The van der Waals surface area contributed by atoms with Crippen molar-refractivity contribution in [3.05, 3.63) is 65.7 Å². The van der Waals surface area contributed by atoms with Crippen molar-refractivity contribution in [2.45, 2.75) is 19.1 Å². The topological polar surface area (TPSA) is 32.3 Å². The summed E-state index contributed by atoms with van der Waals surface area (Å²) >= 11 is 0. The number of benzene rings is 2. The van der Waals surface area contributed by atoms with E-state index in [-0.39, 0.29) is 17.5 Å². The SMILES string of the molecule is O=C(Nc1cccc(C(F)(F)F)c1)C1CCN(Cc2ccccc2)C1. The van der Waals surface area contributed by atoms with Gasteiger partial charge in [-0.25, -0.2) is 0 Å². The van der Waals surface area contributed by atoms with Gasteiger partial charge in [-0.3, -0.25) is 9.69 Å². The molecule has 1 saturated heterocycles. The van der Waals surface area contributed by atoms with Crippen molar-refractivity contribution in [1.29, 1.82) is 0 Å². The number of anilines is 1. The zero-order valence-corrected chi connectivity index (χ0v) is 13.6. The minimum atomic E-state index is -4.42. The van der Waals surface area contributed by atoms with Crippen LogP contribution in [-0.2, 0) is 17.5 Å². The van der Waals surface area contributed by atoms with Crippen LogP contribution in [0.25, 0.3) is 0 Å². The Hall–Kier alpha value is -2.34. The maximum Gasteiger partial charge on any atom is 0.416 e. The van der Waals surface area contributed by atoms with Crippen molar-refractivity contribution < 1.29 is 18.0 Å². The molecule has 1 heterocycles. The highest BCUT2D eigenvalue weighted by molar-refractivity contribution is 5.93. The Morgan fingerprint density at radius 2 is 1.88 bits per heavy atom. The third-order valence-corrected chi connectivity index (χ3v) is 4.35. The molecule has 0 radical (unpaired) electrons. The molecule has 3 rings (SSSR count). The number of nitrogens with one attached hydrogen (secondary N) is 1. The van der Waals surface area contributed by atoms with Gasteiger partial charge < -0.3 is 5.32 Å². The monoisotopic (exact) mass is 348 g/mol. The Balaban J connectivity index is 1.58. The summed E-state index contributed by atoms with van der Waals surface area (Å²) in [6, 6.07) is 14.7. The van der Waals surface area contributed by atoms with Gasteiger partial charge in [0, 0.05) is 18.8 Å². The Bertz CT molecular complexity index is 731. The van der Waals surface area contributed by atoms with Crippen LogP contribution in [0.4, 0.5) is 18.9 Å². The molecule has 0 saturated carbocycles. The normalized spacial score (nSPS) is 18.3. The molecule has 1 unspecified atom stereocenters. The average Bonchev–Trinajstić information content (AvgIpc) is 3.04. The smallest absolute Gasteiger partial charge is 0.326 e. The molecule has 132 valence electrons. The van der Waals surface area contributed by atoms with Crippen LogP contribution in [0.2, 0.25) is 0 Å². The minimum Gasteiger partial charge on any atom is -0.326 e. The molecular formula is C19H19F3N2O. The number of rotatable bonds is 4. The number of hydrogen-bond donors (Lipinski definition) is 1. The molecule has 1 amide bonds. The zero-order valence-electron chi connectivity index (χ0n) is 13.6. The van der Waals surface area contributed by atoms with Gasteiger partial charge >= 0.3 is 6.18 Å². The van der Waals surface area contributed by atoms with Crippen molar-refractivity contribution in [2.75, 3.05) is 18.4 Å². The third-order valence-electron chi connectivity index (χ3n) is 4.35. The molecular weight excluding hydrogens is 329 g/mol. The summed E-state index contributed by atoms with van der Waals surface area (Å²) < 4.78 is 38.2. The average molecular weight is 348 g/mol. The fourth-order valence-corrected chi connectivity index (χ4v) is 3.05. The fraction of sp³-hybridized carbons (Fsp3) is 0.316. The van der Waals surface area contributed by atoms with E-state index in [1.54, 1.807) is 0 Å². The molecule has 2 aromatic carbocycles. The van der Waals surface area contributed by atoms with E-state index >= 15 is 0 Å². The largest absolute Gasteiger partial charge is 0.416 e. The number of amides is 1.